The highest BCUT2D eigenvalue weighted by Crippen LogP contribution is 2.32. The second-order valence-electron chi connectivity index (χ2n) is 2.59. The Balaban J connectivity index is 2.93. The van der Waals surface area contributed by atoms with Gasteiger partial charge in [-0.25, -0.2) is 0 Å². The fourth-order valence-electron chi connectivity index (χ4n) is 0.598. The van der Waals surface area contributed by atoms with Crippen molar-refractivity contribution in [1.82, 2.24) is 5.32 Å². The largest absolute Gasteiger partial charge is 0.331 e. The van der Waals surface area contributed by atoms with E-state index in [1.54, 1.807) is 13.8 Å². The van der Waals surface area contributed by atoms with Crippen LogP contribution in [0.2, 0.25) is 0 Å². The van der Waals surface area contributed by atoms with Crippen LogP contribution in [0, 0.1) is 5.41 Å². The van der Waals surface area contributed by atoms with Crippen molar-refractivity contribution in [2.45, 2.75) is 13.8 Å². The summed E-state index contributed by atoms with van der Waals surface area (Å²) >= 11 is 5.68. The Hall–Kier alpha value is -0.500. The molecule has 0 bridgehead atoms. The molecule has 3 heteroatoms. The van der Waals surface area contributed by atoms with Gasteiger partial charge >= 0.3 is 0 Å². The van der Waals surface area contributed by atoms with E-state index >= 15 is 0 Å². The van der Waals surface area contributed by atoms with Crippen LogP contribution in [0.3, 0.4) is 0 Å². The van der Waals surface area contributed by atoms with Crippen LogP contribution in [-0.4, -0.2) is 5.91 Å². The first-order valence-electron chi connectivity index (χ1n) is 2.72. The Kier molecular flexibility index (Phi) is 1.28. The van der Waals surface area contributed by atoms with E-state index in [9.17, 15) is 4.79 Å². The minimum atomic E-state index is -0.512. The highest BCUT2D eigenvalue weighted by molar-refractivity contribution is 6.33. The van der Waals surface area contributed by atoms with Crippen molar-refractivity contribution in [2.24, 2.45) is 5.41 Å². The minimum Gasteiger partial charge on any atom is -0.331 e. The number of rotatable bonds is 0. The van der Waals surface area contributed by atoms with E-state index in [4.69, 9.17) is 11.6 Å². The molecule has 0 aromatic rings. The summed E-state index contributed by atoms with van der Waals surface area (Å²) in [6.45, 7) is 3.57. The van der Waals surface area contributed by atoms with Crippen LogP contribution in [0.4, 0.5) is 0 Å². The molecule has 0 aromatic heterocycles. The lowest BCUT2D eigenvalue weighted by molar-refractivity contribution is -0.125. The monoisotopic (exact) mass is 145 g/mol. The van der Waals surface area contributed by atoms with E-state index in [1.165, 1.54) is 6.20 Å². The number of hydrogen-bond acceptors (Lipinski definition) is 1. The van der Waals surface area contributed by atoms with Gasteiger partial charge in [0.1, 0.15) is 0 Å². The van der Waals surface area contributed by atoms with Gasteiger partial charge in [-0.1, -0.05) is 11.6 Å². The van der Waals surface area contributed by atoms with Gasteiger partial charge in [-0.2, -0.15) is 0 Å². The van der Waals surface area contributed by atoms with E-state index < -0.39 is 5.41 Å². The first-order chi connectivity index (χ1) is 4.05. The van der Waals surface area contributed by atoms with Crippen LogP contribution in [0.15, 0.2) is 11.2 Å². The molecule has 0 aliphatic carbocycles. The predicted octanol–water partition coefficient (Wildman–Crippen LogP) is 1.22. The van der Waals surface area contributed by atoms with Crippen LogP contribution in [0.25, 0.3) is 0 Å². The summed E-state index contributed by atoms with van der Waals surface area (Å²) in [6.07, 6.45) is 1.53. The summed E-state index contributed by atoms with van der Waals surface area (Å²) in [7, 11) is 0. The minimum absolute atomic E-state index is 0.0347. The molecule has 0 saturated carbocycles. The van der Waals surface area contributed by atoms with Gasteiger partial charge in [-0.3, -0.25) is 4.79 Å². The molecule has 2 nitrogen and oxygen atoms in total. The summed E-state index contributed by atoms with van der Waals surface area (Å²) in [5.74, 6) is -0.0347. The van der Waals surface area contributed by atoms with E-state index in [0.717, 1.165) is 0 Å². The molecule has 1 aliphatic rings. The number of carbonyl (C=O) groups excluding carboxylic acids is 1. The SMILES string of the molecule is CC1(C)C(=O)NC=C1Cl. The normalized spacial score (nSPS) is 23.4. The molecule has 9 heavy (non-hydrogen) atoms. The fraction of sp³-hybridized carbons (Fsp3) is 0.500. The summed E-state index contributed by atoms with van der Waals surface area (Å²) in [6, 6.07) is 0. The number of nitrogens with one attached hydrogen (secondary N) is 1. The van der Waals surface area contributed by atoms with Crippen molar-refractivity contribution in [1.29, 1.82) is 0 Å². The standard InChI is InChI=1S/C6H8ClNO/c1-6(2)4(7)3-8-5(6)9/h3H,1-2H3,(H,8,9). The molecule has 1 aliphatic heterocycles. The van der Waals surface area contributed by atoms with Gasteiger partial charge in [0.2, 0.25) is 5.91 Å². The van der Waals surface area contributed by atoms with E-state index in [2.05, 4.69) is 5.32 Å². The maximum atomic E-state index is 10.9. The zero-order chi connectivity index (χ0) is 7.07. The Morgan fingerprint density at radius 2 is 2.22 bits per heavy atom. The molecule has 0 unspecified atom stereocenters. The molecule has 1 heterocycles. The van der Waals surface area contributed by atoms with Gasteiger partial charge in [-0.15, -0.1) is 0 Å². The molecule has 0 spiro atoms. The average molecular weight is 146 g/mol. The quantitative estimate of drug-likeness (QED) is 0.546. The summed E-state index contributed by atoms with van der Waals surface area (Å²) < 4.78 is 0. The van der Waals surface area contributed by atoms with Crippen molar-refractivity contribution >= 4 is 17.5 Å². The lowest BCUT2D eigenvalue weighted by atomic mass is 9.95. The Morgan fingerprint density at radius 1 is 1.67 bits per heavy atom. The summed E-state index contributed by atoms with van der Waals surface area (Å²) in [4.78, 5) is 10.9. The van der Waals surface area contributed by atoms with Crippen molar-refractivity contribution < 1.29 is 4.79 Å². The molecule has 0 aromatic carbocycles. The summed E-state index contributed by atoms with van der Waals surface area (Å²) in [5.41, 5.74) is -0.512. The second kappa shape index (κ2) is 1.74. The van der Waals surface area contributed by atoms with Crippen molar-refractivity contribution in [3.05, 3.63) is 11.2 Å². The van der Waals surface area contributed by atoms with Gasteiger partial charge in [0.15, 0.2) is 0 Å². The fourth-order valence-corrected chi connectivity index (χ4v) is 0.739. The number of carbonyl (C=O) groups is 1. The smallest absolute Gasteiger partial charge is 0.235 e. The second-order valence-corrected chi connectivity index (χ2v) is 3.00. The van der Waals surface area contributed by atoms with Gasteiger partial charge in [0, 0.05) is 11.2 Å². The molecule has 0 radical (unpaired) electrons. The van der Waals surface area contributed by atoms with Gasteiger partial charge in [0.05, 0.1) is 5.41 Å². The zero-order valence-corrected chi connectivity index (χ0v) is 6.12. The van der Waals surface area contributed by atoms with Gasteiger partial charge in [-0.05, 0) is 13.8 Å². The van der Waals surface area contributed by atoms with E-state index in [0.29, 0.717) is 5.03 Å². The molecule has 1 amide bonds. The molecular formula is C6H8ClNO. The lowest BCUT2D eigenvalue weighted by Crippen LogP contribution is -2.26. The first-order valence-corrected chi connectivity index (χ1v) is 3.10. The maximum Gasteiger partial charge on any atom is 0.235 e. The van der Waals surface area contributed by atoms with Crippen LogP contribution < -0.4 is 5.32 Å². The average Bonchev–Trinajstić information content (AvgIpc) is 1.96. The van der Waals surface area contributed by atoms with E-state index in [-0.39, 0.29) is 5.91 Å². The van der Waals surface area contributed by atoms with Gasteiger partial charge < -0.3 is 5.32 Å². The number of hydrogen-bond donors (Lipinski definition) is 1. The molecule has 0 saturated heterocycles. The molecular weight excluding hydrogens is 138 g/mol. The highest BCUT2D eigenvalue weighted by Gasteiger charge is 2.34. The zero-order valence-electron chi connectivity index (χ0n) is 5.36. The molecule has 0 fully saturated rings. The van der Waals surface area contributed by atoms with Crippen LogP contribution >= 0.6 is 11.6 Å². The first kappa shape index (κ1) is 6.62. The Bertz CT molecular complexity index is 183. The van der Waals surface area contributed by atoms with Crippen LogP contribution in [-0.2, 0) is 4.79 Å². The van der Waals surface area contributed by atoms with Gasteiger partial charge in [0.25, 0.3) is 0 Å². The molecule has 1 N–H and O–H groups in total. The topological polar surface area (TPSA) is 29.1 Å². The van der Waals surface area contributed by atoms with Crippen molar-refractivity contribution in [3.8, 4) is 0 Å². The van der Waals surface area contributed by atoms with Crippen molar-refractivity contribution in [3.63, 3.8) is 0 Å². The molecule has 0 atom stereocenters. The third kappa shape index (κ3) is 0.833. The third-order valence-corrected chi connectivity index (χ3v) is 2.08. The van der Waals surface area contributed by atoms with E-state index in [1.807, 2.05) is 0 Å². The Morgan fingerprint density at radius 3 is 2.33 bits per heavy atom. The van der Waals surface area contributed by atoms with Crippen molar-refractivity contribution in [2.75, 3.05) is 0 Å². The van der Waals surface area contributed by atoms with Crippen LogP contribution in [0.5, 0.6) is 0 Å². The van der Waals surface area contributed by atoms with Crippen LogP contribution in [0.1, 0.15) is 13.8 Å². The lowest BCUT2D eigenvalue weighted by Gasteiger charge is -2.13. The molecule has 50 valence electrons. The predicted molar refractivity (Wildman–Crippen MR) is 35.9 cm³/mol. The number of halogens is 1. The third-order valence-electron chi connectivity index (χ3n) is 1.49. The molecule has 1 rings (SSSR count). The summed E-state index contributed by atoms with van der Waals surface area (Å²) in [5, 5.41) is 3.10. The number of amides is 1. The Labute approximate surface area is 58.9 Å². The highest BCUT2D eigenvalue weighted by atomic mass is 35.5. The maximum absolute atomic E-state index is 10.9.